The monoisotopic (exact) mass is 495 g/mol. The summed E-state index contributed by atoms with van der Waals surface area (Å²) in [5.74, 6) is -1.29. The molecule has 3 N–H and O–H groups in total. The molecular weight excluding hydrogens is 465 g/mol. The van der Waals surface area contributed by atoms with Crippen LogP contribution in [-0.2, 0) is 14.3 Å². The number of ether oxygens (including phenoxy) is 1. The summed E-state index contributed by atoms with van der Waals surface area (Å²) in [7, 11) is 0. The number of alkyl halides is 1. The standard InChI is InChI=1S/C26H30FN5O4/c1-15(2)36-25(35)32-13-18-21(19(33)14-32)23(29-17-8-6-5-7-9-17)22(30-18)16-10-11-28-20(12-16)31-24(34)26(3,4)27/h5-12,15,18,21,29-30H,13-14H2,1-4H3,(H,28,31,34). The third kappa shape index (κ3) is 5.48. The molecule has 1 aromatic carbocycles. The van der Waals surface area contributed by atoms with Crippen molar-refractivity contribution in [1.82, 2.24) is 15.2 Å². The third-order valence-corrected chi connectivity index (χ3v) is 5.90. The number of amides is 2. The highest BCUT2D eigenvalue weighted by Crippen LogP contribution is 2.36. The molecule has 0 bridgehead atoms. The van der Waals surface area contributed by atoms with Gasteiger partial charge in [0.2, 0.25) is 0 Å². The zero-order valence-corrected chi connectivity index (χ0v) is 20.7. The van der Waals surface area contributed by atoms with Crippen LogP contribution in [0.4, 0.5) is 20.7 Å². The van der Waals surface area contributed by atoms with E-state index in [2.05, 4.69) is 20.9 Å². The van der Waals surface area contributed by atoms with Crippen molar-refractivity contribution in [2.75, 3.05) is 23.7 Å². The first-order valence-electron chi connectivity index (χ1n) is 11.8. The van der Waals surface area contributed by atoms with E-state index in [1.165, 1.54) is 24.9 Å². The summed E-state index contributed by atoms with van der Waals surface area (Å²) in [5.41, 5.74) is 0.663. The number of benzene rings is 1. The van der Waals surface area contributed by atoms with E-state index in [-0.39, 0.29) is 36.8 Å². The number of ketones is 1. The normalized spacial score (nSPS) is 19.6. The average molecular weight is 496 g/mol. The molecule has 0 spiro atoms. The Hall–Kier alpha value is -3.95. The Morgan fingerprint density at radius 3 is 2.61 bits per heavy atom. The number of nitrogens with one attached hydrogen (secondary N) is 3. The molecule has 2 aliphatic heterocycles. The topological polar surface area (TPSA) is 113 Å². The van der Waals surface area contributed by atoms with E-state index in [9.17, 15) is 18.8 Å². The molecule has 4 rings (SSSR count). The average Bonchev–Trinajstić information content (AvgIpc) is 3.17. The molecule has 0 radical (unpaired) electrons. The fourth-order valence-corrected chi connectivity index (χ4v) is 4.22. The third-order valence-electron chi connectivity index (χ3n) is 5.90. The number of piperidine rings is 1. The Bertz CT molecular complexity index is 1190. The number of anilines is 2. The number of halogens is 1. The lowest BCUT2D eigenvalue weighted by Crippen LogP contribution is -2.54. The molecule has 1 aromatic heterocycles. The van der Waals surface area contributed by atoms with Gasteiger partial charge in [-0.05, 0) is 52.0 Å². The number of aromatic nitrogens is 1. The van der Waals surface area contributed by atoms with Crippen LogP contribution >= 0.6 is 0 Å². The van der Waals surface area contributed by atoms with Crippen molar-refractivity contribution >= 4 is 35.0 Å². The molecule has 2 aromatic rings. The van der Waals surface area contributed by atoms with Gasteiger partial charge in [0.05, 0.1) is 36.0 Å². The number of hydrogen-bond donors (Lipinski definition) is 3. The van der Waals surface area contributed by atoms with Crippen molar-refractivity contribution in [2.24, 2.45) is 5.92 Å². The van der Waals surface area contributed by atoms with Crippen LogP contribution in [-0.4, -0.2) is 58.6 Å². The van der Waals surface area contributed by atoms with Crippen LogP contribution in [0.15, 0.2) is 54.4 Å². The Morgan fingerprint density at radius 2 is 1.94 bits per heavy atom. The Kier molecular flexibility index (Phi) is 6.96. The second-order valence-electron chi connectivity index (χ2n) is 9.64. The van der Waals surface area contributed by atoms with Crippen LogP contribution in [0.25, 0.3) is 5.70 Å². The summed E-state index contributed by atoms with van der Waals surface area (Å²) < 4.78 is 19.3. The lowest BCUT2D eigenvalue weighted by Gasteiger charge is -2.34. The molecule has 1 saturated heterocycles. The van der Waals surface area contributed by atoms with Gasteiger partial charge in [-0.1, -0.05) is 18.2 Å². The summed E-state index contributed by atoms with van der Waals surface area (Å²) in [6.45, 7) is 6.06. The van der Waals surface area contributed by atoms with E-state index in [4.69, 9.17) is 4.74 Å². The van der Waals surface area contributed by atoms with Crippen LogP contribution in [0.2, 0.25) is 0 Å². The van der Waals surface area contributed by atoms with Crippen molar-refractivity contribution in [2.45, 2.75) is 45.5 Å². The molecule has 36 heavy (non-hydrogen) atoms. The summed E-state index contributed by atoms with van der Waals surface area (Å²) in [4.78, 5) is 43.5. The smallest absolute Gasteiger partial charge is 0.410 e. The summed E-state index contributed by atoms with van der Waals surface area (Å²) in [6.07, 6.45) is 0.666. The molecule has 9 nitrogen and oxygen atoms in total. The van der Waals surface area contributed by atoms with Crippen LogP contribution in [0.5, 0.6) is 0 Å². The Labute approximate surface area is 209 Å². The number of nitrogens with zero attached hydrogens (tertiary/aromatic N) is 2. The molecule has 2 unspecified atom stereocenters. The maximum absolute atomic E-state index is 14.0. The van der Waals surface area contributed by atoms with Crippen molar-refractivity contribution in [3.8, 4) is 0 Å². The van der Waals surface area contributed by atoms with Crippen LogP contribution in [0, 0.1) is 5.92 Å². The summed E-state index contributed by atoms with van der Waals surface area (Å²) >= 11 is 0. The predicted molar refractivity (Wildman–Crippen MR) is 134 cm³/mol. The second-order valence-corrected chi connectivity index (χ2v) is 9.64. The number of carbonyl (C=O) groups excluding carboxylic acids is 3. The lowest BCUT2D eigenvalue weighted by atomic mass is 9.89. The molecule has 10 heteroatoms. The van der Waals surface area contributed by atoms with Crippen molar-refractivity contribution in [3.63, 3.8) is 0 Å². The number of Topliss-reactive ketones (excluding diaryl/α,β-unsaturated/α-hetero) is 1. The highest BCUT2D eigenvalue weighted by molar-refractivity contribution is 5.97. The number of para-hydroxylation sites is 1. The summed E-state index contributed by atoms with van der Waals surface area (Å²) in [6, 6.07) is 12.4. The first-order chi connectivity index (χ1) is 17.0. The molecule has 2 aliphatic rings. The van der Waals surface area contributed by atoms with Crippen molar-refractivity contribution in [3.05, 3.63) is 59.9 Å². The fraction of sp³-hybridized carbons (Fsp3) is 0.385. The quantitative estimate of drug-likeness (QED) is 0.562. The second kappa shape index (κ2) is 9.96. The first kappa shape index (κ1) is 25.2. The highest BCUT2D eigenvalue weighted by atomic mass is 19.1. The predicted octanol–water partition coefficient (Wildman–Crippen LogP) is 3.57. The zero-order chi connectivity index (χ0) is 26.0. The molecule has 190 valence electrons. The number of carbonyl (C=O) groups is 3. The number of hydrogen-bond acceptors (Lipinski definition) is 7. The minimum absolute atomic E-state index is 0.0646. The molecular formula is C26H30FN5O4. The van der Waals surface area contributed by atoms with E-state index >= 15 is 0 Å². The first-order valence-corrected chi connectivity index (χ1v) is 11.8. The van der Waals surface area contributed by atoms with Gasteiger partial charge in [-0.15, -0.1) is 0 Å². The largest absolute Gasteiger partial charge is 0.447 e. The van der Waals surface area contributed by atoms with Crippen molar-refractivity contribution in [1.29, 1.82) is 0 Å². The van der Waals surface area contributed by atoms with E-state index in [1.54, 1.807) is 26.0 Å². The van der Waals surface area contributed by atoms with Gasteiger partial charge in [-0.2, -0.15) is 0 Å². The maximum Gasteiger partial charge on any atom is 0.410 e. The number of rotatable bonds is 6. The Balaban J connectivity index is 1.67. The van der Waals surface area contributed by atoms with Gasteiger partial charge in [0.15, 0.2) is 11.5 Å². The molecule has 2 amide bonds. The molecule has 0 saturated carbocycles. The van der Waals surface area contributed by atoms with Gasteiger partial charge in [0.1, 0.15) is 5.82 Å². The highest BCUT2D eigenvalue weighted by Gasteiger charge is 2.46. The van der Waals surface area contributed by atoms with Gasteiger partial charge in [-0.25, -0.2) is 14.2 Å². The van der Waals surface area contributed by atoms with Gasteiger partial charge in [0.25, 0.3) is 5.91 Å². The fourth-order valence-electron chi connectivity index (χ4n) is 4.22. The minimum atomic E-state index is -2.07. The number of pyridine rings is 1. The van der Waals surface area contributed by atoms with Gasteiger partial charge < -0.3 is 20.7 Å². The van der Waals surface area contributed by atoms with Crippen LogP contribution < -0.4 is 16.0 Å². The molecule has 2 atom stereocenters. The minimum Gasteiger partial charge on any atom is -0.447 e. The van der Waals surface area contributed by atoms with E-state index in [1.807, 2.05) is 30.3 Å². The van der Waals surface area contributed by atoms with E-state index in [0.29, 0.717) is 17.0 Å². The van der Waals surface area contributed by atoms with Crippen LogP contribution in [0.1, 0.15) is 33.3 Å². The molecule has 0 aliphatic carbocycles. The molecule has 1 fully saturated rings. The van der Waals surface area contributed by atoms with E-state index < -0.39 is 23.6 Å². The number of likely N-dealkylation sites (tertiary alicyclic amines) is 1. The van der Waals surface area contributed by atoms with Gasteiger partial charge in [0, 0.05) is 24.0 Å². The summed E-state index contributed by atoms with van der Waals surface area (Å²) in [5, 5.41) is 9.25. The number of fused-ring (bicyclic) bond motifs is 1. The van der Waals surface area contributed by atoms with E-state index in [0.717, 1.165) is 5.69 Å². The SMILES string of the molecule is CC(C)OC(=O)N1CC(=O)C2C(Nc3ccccc3)=C(c3ccnc(NC(=O)C(C)(C)F)c3)NC2C1. The van der Waals surface area contributed by atoms with Gasteiger partial charge in [-0.3, -0.25) is 14.5 Å². The lowest BCUT2D eigenvalue weighted by molar-refractivity contribution is -0.126. The maximum atomic E-state index is 14.0. The Morgan fingerprint density at radius 1 is 1.22 bits per heavy atom. The van der Waals surface area contributed by atoms with Crippen LogP contribution in [0.3, 0.4) is 0 Å². The van der Waals surface area contributed by atoms with Gasteiger partial charge >= 0.3 is 6.09 Å². The molecule has 3 heterocycles. The zero-order valence-electron chi connectivity index (χ0n) is 20.7. The van der Waals surface area contributed by atoms with Crippen molar-refractivity contribution < 1.29 is 23.5 Å².